The van der Waals surface area contributed by atoms with Crippen LogP contribution in [0, 0.1) is 0 Å². The Morgan fingerprint density at radius 1 is 1.04 bits per heavy atom. The molecule has 2 N–H and O–H groups in total. The van der Waals surface area contributed by atoms with Crippen molar-refractivity contribution in [3.8, 4) is 0 Å². The van der Waals surface area contributed by atoms with Gasteiger partial charge in [-0.1, -0.05) is 0 Å². The zero-order valence-corrected chi connectivity index (χ0v) is 13.2. The van der Waals surface area contributed by atoms with E-state index in [2.05, 4.69) is 15.6 Å². The van der Waals surface area contributed by atoms with E-state index in [1.807, 2.05) is 0 Å². The number of hydrogen-bond acceptors (Lipinski definition) is 4. The number of hydrogen-bond donors (Lipinski definition) is 2. The highest BCUT2D eigenvalue weighted by molar-refractivity contribution is 6.22. The van der Waals surface area contributed by atoms with Crippen molar-refractivity contribution in [2.75, 3.05) is 10.6 Å². The van der Waals surface area contributed by atoms with Crippen LogP contribution in [0.1, 0.15) is 34.6 Å². The van der Waals surface area contributed by atoms with E-state index in [9.17, 15) is 14.4 Å². The molecule has 2 heterocycles. The van der Waals surface area contributed by atoms with E-state index in [-0.39, 0.29) is 17.9 Å². The first-order valence-corrected chi connectivity index (χ1v) is 7.47. The van der Waals surface area contributed by atoms with Crippen LogP contribution >= 0.6 is 0 Å². The van der Waals surface area contributed by atoms with Crippen molar-refractivity contribution in [3.63, 3.8) is 0 Å². The number of carbonyl (C=O) groups is 3. The van der Waals surface area contributed by atoms with Crippen LogP contribution in [-0.2, 0) is 0 Å². The molecule has 0 saturated heterocycles. The Kier molecular flexibility index (Phi) is 3.99. The molecule has 0 saturated carbocycles. The molecule has 1 aliphatic heterocycles. The van der Waals surface area contributed by atoms with Gasteiger partial charge in [0.05, 0.1) is 23.0 Å². The second-order valence-electron chi connectivity index (χ2n) is 5.66. The SMILES string of the molecule is CC(C)N1C(=O)c2ccc(NC(=O)Nc3cccnc3)cc2C1=O. The molecular weight excluding hydrogens is 308 g/mol. The van der Waals surface area contributed by atoms with Gasteiger partial charge in [0.25, 0.3) is 11.8 Å². The van der Waals surface area contributed by atoms with Gasteiger partial charge >= 0.3 is 6.03 Å². The van der Waals surface area contributed by atoms with Crippen molar-refractivity contribution in [2.45, 2.75) is 19.9 Å². The fourth-order valence-corrected chi connectivity index (χ4v) is 2.54. The molecule has 0 spiro atoms. The summed E-state index contributed by atoms with van der Waals surface area (Å²) in [7, 11) is 0. The summed E-state index contributed by atoms with van der Waals surface area (Å²) in [5.41, 5.74) is 1.63. The highest BCUT2D eigenvalue weighted by Crippen LogP contribution is 2.27. The summed E-state index contributed by atoms with van der Waals surface area (Å²) >= 11 is 0. The molecule has 0 atom stereocenters. The van der Waals surface area contributed by atoms with Gasteiger partial charge < -0.3 is 10.6 Å². The van der Waals surface area contributed by atoms with E-state index in [4.69, 9.17) is 0 Å². The van der Waals surface area contributed by atoms with Gasteiger partial charge in [-0.2, -0.15) is 0 Å². The van der Waals surface area contributed by atoms with Gasteiger partial charge in [-0.15, -0.1) is 0 Å². The number of amides is 4. The first-order chi connectivity index (χ1) is 11.5. The lowest BCUT2D eigenvalue weighted by molar-refractivity contribution is 0.0609. The predicted molar refractivity (Wildman–Crippen MR) is 89.0 cm³/mol. The smallest absolute Gasteiger partial charge is 0.308 e. The average Bonchev–Trinajstić information content (AvgIpc) is 2.79. The number of rotatable bonds is 3. The molecule has 0 bridgehead atoms. The minimum Gasteiger partial charge on any atom is -0.308 e. The van der Waals surface area contributed by atoms with Crippen LogP contribution < -0.4 is 10.6 Å². The van der Waals surface area contributed by atoms with E-state index in [1.165, 1.54) is 17.2 Å². The number of fused-ring (bicyclic) bond motifs is 1. The molecular formula is C17H16N4O3. The Balaban J connectivity index is 1.77. The first kappa shape index (κ1) is 15.7. The summed E-state index contributed by atoms with van der Waals surface area (Å²) in [6, 6.07) is 7.39. The molecule has 24 heavy (non-hydrogen) atoms. The van der Waals surface area contributed by atoms with Crippen molar-refractivity contribution in [2.24, 2.45) is 0 Å². The highest BCUT2D eigenvalue weighted by atomic mass is 16.2. The normalized spacial score (nSPS) is 13.2. The molecule has 1 aromatic carbocycles. The Labute approximate surface area is 138 Å². The zero-order chi connectivity index (χ0) is 17.3. The number of carbonyl (C=O) groups excluding carboxylic acids is 3. The van der Waals surface area contributed by atoms with Gasteiger partial charge in [-0.05, 0) is 44.2 Å². The maximum absolute atomic E-state index is 12.3. The standard InChI is InChI=1S/C17H16N4O3/c1-10(2)21-15(22)13-6-5-11(8-14(13)16(21)23)19-17(24)20-12-4-3-7-18-9-12/h3-10H,1-2H3,(H2,19,20,24). The number of aromatic nitrogens is 1. The molecule has 122 valence electrons. The Morgan fingerprint density at radius 2 is 1.75 bits per heavy atom. The van der Waals surface area contributed by atoms with Crippen molar-refractivity contribution in [3.05, 3.63) is 53.9 Å². The molecule has 2 aromatic rings. The van der Waals surface area contributed by atoms with Crippen LogP contribution in [0.2, 0.25) is 0 Å². The maximum Gasteiger partial charge on any atom is 0.323 e. The molecule has 0 fully saturated rings. The number of nitrogens with zero attached hydrogens (tertiary/aromatic N) is 2. The Hall–Kier alpha value is -3.22. The largest absolute Gasteiger partial charge is 0.323 e. The number of benzene rings is 1. The number of urea groups is 1. The summed E-state index contributed by atoms with van der Waals surface area (Å²) < 4.78 is 0. The summed E-state index contributed by atoms with van der Waals surface area (Å²) in [4.78, 5) is 41.7. The quantitative estimate of drug-likeness (QED) is 0.849. The zero-order valence-electron chi connectivity index (χ0n) is 13.2. The molecule has 0 aliphatic carbocycles. The second-order valence-corrected chi connectivity index (χ2v) is 5.66. The minimum atomic E-state index is -0.458. The van der Waals surface area contributed by atoms with Crippen molar-refractivity contribution < 1.29 is 14.4 Å². The molecule has 0 unspecified atom stereocenters. The molecule has 7 heteroatoms. The second kappa shape index (κ2) is 6.11. The summed E-state index contributed by atoms with van der Waals surface area (Å²) in [6.07, 6.45) is 3.12. The van der Waals surface area contributed by atoms with Crippen molar-refractivity contribution in [1.29, 1.82) is 0 Å². The molecule has 1 aliphatic rings. The van der Waals surface area contributed by atoms with Gasteiger partial charge in [0.2, 0.25) is 0 Å². The number of imide groups is 1. The van der Waals surface area contributed by atoms with Gasteiger partial charge in [0, 0.05) is 17.9 Å². The monoisotopic (exact) mass is 324 g/mol. The van der Waals surface area contributed by atoms with E-state index in [0.29, 0.717) is 22.5 Å². The first-order valence-electron chi connectivity index (χ1n) is 7.47. The lowest BCUT2D eigenvalue weighted by Crippen LogP contribution is -2.35. The number of pyridine rings is 1. The van der Waals surface area contributed by atoms with Crippen molar-refractivity contribution >= 4 is 29.2 Å². The van der Waals surface area contributed by atoms with Gasteiger partial charge in [0.1, 0.15) is 0 Å². The predicted octanol–water partition coefficient (Wildman–Crippen LogP) is 2.73. The lowest BCUT2D eigenvalue weighted by atomic mass is 10.1. The van der Waals surface area contributed by atoms with E-state index in [0.717, 1.165) is 0 Å². The van der Waals surface area contributed by atoms with Crippen LogP contribution in [-0.4, -0.2) is 33.8 Å². The fraction of sp³-hybridized carbons (Fsp3) is 0.176. The summed E-state index contributed by atoms with van der Waals surface area (Å²) in [6.45, 7) is 3.56. The third-order valence-electron chi connectivity index (χ3n) is 3.61. The lowest BCUT2D eigenvalue weighted by Gasteiger charge is -2.17. The molecule has 4 amide bonds. The van der Waals surface area contributed by atoms with Crippen LogP contribution in [0.3, 0.4) is 0 Å². The topological polar surface area (TPSA) is 91.4 Å². The van der Waals surface area contributed by atoms with E-state index in [1.54, 1.807) is 44.3 Å². The molecule has 1 aromatic heterocycles. The third kappa shape index (κ3) is 2.83. The van der Waals surface area contributed by atoms with Crippen molar-refractivity contribution in [1.82, 2.24) is 9.88 Å². The van der Waals surface area contributed by atoms with Crippen LogP contribution in [0.5, 0.6) is 0 Å². The van der Waals surface area contributed by atoms with Gasteiger partial charge in [-0.25, -0.2) is 4.79 Å². The van der Waals surface area contributed by atoms with Gasteiger partial charge in [0.15, 0.2) is 0 Å². The van der Waals surface area contributed by atoms with Crippen LogP contribution in [0.4, 0.5) is 16.2 Å². The van der Waals surface area contributed by atoms with E-state index >= 15 is 0 Å². The summed E-state index contributed by atoms with van der Waals surface area (Å²) in [5.74, 6) is -0.655. The Morgan fingerprint density at radius 3 is 2.42 bits per heavy atom. The van der Waals surface area contributed by atoms with Crippen LogP contribution in [0.15, 0.2) is 42.7 Å². The highest BCUT2D eigenvalue weighted by Gasteiger charge is 2.37. The maximum atomic E-state index is 12.3. The fourth-order valence-electron chi connectivity index (χ4n) is 2.54. The average molecular weight is 324 g/mol. The summed E-state index contributed by atoms with van der Waals surface area (Å²) in [5, 5.41) is 5.27. The molecule has 7 nitrogen and oxygen atoms in total. The van der Waals surface area contributed by atoms with E-state index < -0.39 is 6.03 Å². The molecule has 0 radical (unpaired) electrons. The number of anilines is 2. The minimum absolute atomic E-state index is 0.220. The van der Waals surface area contributed by atoms with Crippen LogP contribution in [0.25, 0.3) is 0 Å². The Bertz CT molecular complexity index is 818. The van der Waals surface area contributed by atoms with Gasteiger partial charge in [-0.3, -0.25) is 19.5 Å². The number of nitrogens with one attached hydrogen (secondary N) is 2. The molecule has 3 rings (SSSR count). The third-order valence-corrected chi connectivity index (χ3v) is 3.61.